The van der Waals surface area contributed by atoms with Gasteiger partial charge in [-0.1, -0.05) is 24.3 Å². The molecule has 17 heavy (non-hydrogen) atoms. The van der Waals surface area contributed by atoms with Crippen LogP contribution < -0.4 is 5.73 Å². The smallest absolute Gasteiger partial charge is 0.328 e. The van der Waals surface area contributed by atoms with E-state index < -0.39 is 5.97 Å². The molecule has 0 aromatic heterocycles. The van der Waals surface area contributed by atoms with Crippen LogP contribution in [0.2, 0.25) is 0 Å². The maximum absolute atomic E-state index is 10.4. The second-order valence-electron chi connectivity index (χ2n) is 4.46. The summed E-state index contributed by atoms with van der Waals surface area (Å²) in [5, 5.41) is 8.56. The molecule has 3 heteroatoms. The molecule has 1 atom stereocenters. The quantitative estimate of drug-likeness (QED) is 0.784. The van der Waals surface area contributed by atoms with Gasteiger partial charge in [0.1, 0.15) is 0 Å². The Bertz CT molecular complexity index is 452. The lowest BCUT2D eigenvalue weighted by atomic mass is 9.89. The number of benzene rings is 1. The van der Waals surface area contributed by atoms with Crippen molar-refractivity contribution >= 4 is 5.97 Å². The van der Waals surface area contributed by atoms with E-state index in [1.54, 1.807) is 0 Å². The van der Waals surface area contributed by atoms with E-state index in [-0.39, 0.29) is 6.04 Å². The van der Waals surface area contributed by atoms with Crippen LogP contribution in [0.3, 0.4) is 0 Å². The number of hydrogen-bond donors (Lipinski definition) is 2. The molecule has 0 saturated heterocycles. The summed E-state index contributed by atoms with van der Waals surface area (Å²) in [5.74, 6) is -0.960. The largest absolute Gasteiger partial charge is 0.478 e. The van der Waals surface area contributed by atoms with Crippen molar-refractivity contribution in [3.8, 4) is 0 Å². The van der Waals surface area contributed by atoms with Crippen molar-refractivity contribution in [3.05, 3.63) is 47.0 Å². The molecule has 3 nitrogen and oxygen atoms in total. The van der Waals surface area contributed by atoms with Gasteiger partial charge in [-0.15, -0.1) is 0 Å². The van der Waals surface area contributed by atoms with Crippen molar-refractivity contribution < 1.29 is 9.90 Å². The zero-order chi connectivity index (χ0) is 12.3. The molecule has 0 radical (unpaired) electrons. The zero-order valence-electron chi connectivity index (χ0n) is 9.73. The zero-order valence-corrected chi connectivity index (χ0v) is 9.73. The number of aliphatic carboxylic acids is 1. The summed E-state index contributed by atoms with van der Waals surface area (Å²) < 4.78 is 0. The second kappa shape index (κ2) is 5.15. The first kappa shape index (κ1) is 11.9. The van der Waals surface area contributed by atoms with E-state index in [1.165, 1.54) is 30.0 Å². The maximum Gasteiger partial charge on any atom is 0.328 e. The van der Waals surface area contributed by atoms with E-state index in [2.05, 4.69) is 12.1 Å². The summed E-state index contributed by atoms with van der Waals surface area (Å²) >= 11 is 0. The Kier molecular flexibility index (Phi) is 3.59. The Morgan fingerprint density at radius 3 is 2.71 bits per heavy atom. The lowest BCUT2D eigenvalue weighted by Crippen LogP contribution is -2.10. The van der Waals surface area contributed by atoms with E-state index in [1.807, 2.05) is 6.07 Å². The van der Waals surface area contributed by atoms with E-state index >= 15 is 0 Å². The van der Waals surface area contributed by atoms with Gasteiger partial charge in [0.2, 0.25) is 0 Å². The number of carboxylic acid groups (broad SMARTS) is 1. The number of rotatable bonds is 3. The number of carbonyl (C=O) groups is 1. The van der Waals surface area contributed by atoms with Gasteiger partial charge in [0, 0.05) is 12.1 Å². The van der Waals surface area contributed by atoms with E-state index in [9.17, 15) is 4.79 Å². The van der Waals surface area contributed by atoms with Gasteiger partial charge in [0.05, 0.1) is 0 Å². The van der Waals surface area contributed by atoms with E-state index in [0.29, 0.717) is 0 Å². The Labute approximate surface area is 101 Å². The van der Waals surface area contributed by atoms with Gasteiger partial charge in [-0.05, 0) is 42.4 Å². The third-order valence-corrected chi connectivity index (χ3v) is 3.20. The third kappa shape index (κ3) is 2.94. The Hall–Kier alpha value is -1.61. The Morgan fingerprint density at radius 1 is 1.29 bits per heavy atom. The highest BCUT2D eigenvalue weighted by Gasteiger charge is 2.11. The van der Waals surface area contributed by atoms with Gasteiger partial charge in [0.25, 0.3) is 0 Å². The number of hydrogen-bond acceptors (Lipinski definition) is 2. The van der Waals surface area contributed by atoms with Crippen LogP contribution in [0.5, 0.6) is 0 Å². The molecule has 2 rings (SSSR count). The molecule has 1 aromatic carbocycles. The molecule has 1 aliphatic carbocycles. The molecule has 0 bridgehead atoms. The highest BCUT2D eigenvalue weighted by Crippen LogP contribution is 2.24. The first-order valence-electron chi connectivity index (χ1n) is 5.95. The lowest BCUT2D eigenvalue weighted by Gasteiger charge is -2.17. The number of carboxylic acids is 1. The summed E-state index contributed by atoms with van der Waals surface area (Å²) in [6.45, 7) is 0. The summed E-state index contributed by atoms with van der Waals surface area (Å²) in [6.07, 6.45) is 7.37. The molecule has 0 spiro atoms. The topological polar surface area (TPSA) is 63.3 Å². The fraction of sp³-hybridized carbons (Fsp3) is 0.357. The molecular formula is C14H17NO2. The molecule has 3 N–H and O–H groups in total. The summed E-state index contributed by atoms with van der Waals surface area (Å²) in [6, 6.07) is 5.91. The van der Waals surface area contributed by atoms with Gasteiger partial charge in [-0.3, -0.25) is 0 Å². The minimum Gasteiger partial charge on any atom is -0.478 e. The molecule has 0 amide bonds. The summed E-state index contributed by atoms with van der Waals surface area (Å²) in [4.78, 5) is 10.4. The van der Waals surface area contributed by atoms with Gasteiger partial charge >= 0.3 is 5.97 Å². The third-order valence-electron chi connectivity index (χ3n) is 3.20. The minimum atomic E-state index is -0.960. The van der Waals surface area contributed by atoms with E-state index in [0.717, 1.165) is 24.5 Å². The average Bonchev–Trinajstić information content (AvgIpc) is 2.35. The molecule has 90 valence electrons. The predicted molar refractivity (Wildman–Crippen MR) is 66.8 cm³/mol. The molecule has 0 heterocycles. The summed E-state index contributed by atoms with van der Waals surface area (Å²) in [5.41, 5.74) is 9.70. The van der Waals surface area contributed by atoms with Crippen LogP contribution >= 0.6 is 0 Å². The van der Waals surface area contributed by atoms with Crippen LogP contribution in [-0.2, 0) is 17.6 Å². The van der Waals surface area contributed by atoms with Crippen LogP contribution in [0, 0.1) is 0 Å². The molecule has 1 aliphatic rings. The average molecular weight is 231 g/mol. The first-order chi connectivity index (χ1) is 8.16. The molecular weight excluding hydrogens is 214 g/mol. The van der Waals surface area contributed by atoms with Crippen LogP contribution in [-0.4, -0.2) is 11.1 Å². The van der Waals surface area contributed by atoms with Crippen LogP contribution in [0.15, 0.2) is 30.4 Å². The lowest BCUT2D eigenvalue weighted by molar-refractivity contribution is -0.131. The predicted octanol–water partition coefficient (Wildman–Crippen LogP) is 2.21. The van der Waals surface area contributed by atoms with Gasteiger partial charge in [-0.25, -0.2) is 4.79 Å². The molecule has 1 aromatic rings. The fourth-order valence-electron chi connectivity index (χ4n) is 2.26. The molecule has 0 aliphatic heterocycles. The maximum atomic E-state index is 10.4. The van der Waals surface area contributed by atoms with Crippen molar-refractivity contribution in [1.82, 2.24) is 0 Å². The monoisotopic (exact) mass is 231 g/mol. The SMILES string of the molecule is NC(/C=C/C(=O)O)c1ccc2c(c1)CCCC2. The van der Waals surface area contributed by atoms with Crippen molar-refractivity contribution in [2.24, 2.45) is 5.73 Å². The van der Waals surface area contributed by atoms with Crippen LogP contribution in [0.4, 0.5) is 0 Å². The number of aryl methyl sites for hydroxylation is 2. The highest BCUT2D eigenvalue weighted by atomic mass is 16.4. The first-order valence-corrected chi connectivity index (χ1v) is 5.95. The van der Waals surface area contributed by atoms with Crippen LogP contribution in [0.25, 0.3) is 0 Å². The number of fused-ring (bicyclic) bond motifs is 1. The van der Waals surface area contributed by atoms with Crippen LogP contribution in [0.1, 0.15) is 35.6 Å². The molecule has 1 unspecified atom stereocenters. The van der Waals surface area contributed by atoms with Gasteiger partial charge < -0.3 is 10.8 Å². The number of nitrogens with two attached hydrogens (primary N) is 1. The molecule has 0 saturated carbocycles. The second-order valence-corrected chi connectivity index (χ2v) is 4.46. The minimum absolute atomic E-state index is 0.335. The standard InChI is InChI=1S/C14H17NO2/c15-13(7-8-14(16)17)12-6-5-10-3-1-2-4-11(10)9-12/h5-9,13H,1-4,15H2,(H,16,17)/b8-7+. The van der Waals surface area contributed by atoms with Crippen molar-refractivity contribution in [2.75, 3.05) is 0 Å². The normalized spacial score (nSPS) is 16.8. The Morgan fingerprint density at radius 2 is 2.00 bits per heavy atom. The van der Waals surface area contributed by atoms with Gasteiger partial charge in [0.15, 0.2) is 0 Å². The van der Waals surface area contributed by atoms with Crippen molar-refractivity contribution in [3.63, 3.8) is 0 Å². The van der Waals surface area contributed by atoms with Crippen molar-refractivity contribution in [2.45, 2.75) is 31.7 Å². The fourth-order valence-corrected chi connectivity index (χ4v) is 2.26. The Balaban J connectivity index is 2.18. The highest BCUT2D eigenvalue weighted by molar-refractivity contribution is 5.79. The van der Waals surface area contributed by atoms with Crippen molar-refractivity contribution in [1.29, 1.82) is 0 Å². The van der Waals surface area contributed by atoms with Gasteiger partial charge in [-0.2, -0.15) is 0 Å². The summed E-state index contributed by atoms with van der Waals surface area (Å²) in [7, 11) is 0. The van der Waals surface area contributed by atoms with E-state index in [4.69, 9.17) is 10.8 Å². The molecule has 0 fully saturated rings.